The maximum Gasteiger partial charge on any atom is 0.0728 e. The van der Waals surface area contributed by atoms with Gasteiger partial charge in [-0.25, -0.2) is 0 Å². The first kappa shape index (κ1) is 16.8. The molecule has 1 aliphatic rings. The quantitative estimate of drug-likeness (QED) is 0.857. The number of benzene rings is 1. The van der Waals surface area contributed by atoms with Gasteiger partial charge in [-0.15, -0.1) is 0 Å². The van der Waals surface area contributed by atoms with Gasteiger partial charge in [-0.1, -0.05) is 49.9 Å². The van der Waals surface area contributed by atoms with Crippen LogP contribution < -0.4 is 5.73 Å². The molecule has 2 nitrogen and oxygen atoms in total. The predicted molar refractivity (Wildman–Crippen MR) is 89.5 cm³/mol. The minimum Gasteiger partial charge on any atom is -0.389 e. The average Bonchev–Trinajstić information content (AvgIpc) is 2.49. The summed E-state index contributed by atoms with van der Waals surface area (Å²) in [6.45, 7) is 4.77. The van der Waals surface area contributed by atoms with Gasteiger partial charge in [-0.2, -0.15) is 0 Å². The number of hydrogen-bond acceptors (Lipinski definition) is 2. The molecule has 3 N–H and O–H groups in total. The van der Waals surface area contributed by atoms with E-state index in [9.17, 15) is 5.11 Å². The van der Waals surface area contributed by atoms with Crippen LogP contribution in [-0.2, 0) is 6.42 Å². The van der Waals surface area contributed by atoms with Crippen molar-refractivity contribution in [2.75, 3.05) is 6.54 Å². The smallest absolute Gasteiger partial charge is 0.0728 e. The van der Waals surface area contributed by atoms with E-state index in [1.165, 1.54) is 19.3 Å². The summed E-state index contributed by atoms with van der Waals surface area (Å²) in [5.74, 6) is 0.694. The van der Waals surface area contributed by atoms with Crippen molar-refractivity contribution in [2.24, 2.45) is 17.1 Å². The van der Waals surface area contributed by atoms with Crippen molar-refractivity contribution in [3.8, 4) is 0 Å². The second kappa shape index (κ2) is 6.68. The molecule has 0 heterocycles. The lowest BCUT2D eigenvalue weighted by Crippen LogP contribution is -2.54. The summed E-state index contributed by atoms with van der Waals surface area (Å²) >= 11 is 5.94. The molecule has 3 heteroatoms. The molecule has 1 fully saturated rings. The SMILES string of the molecule is CCC1CCCC(CN)(C(C)(O)Cc2ccc(Cl)cc2)C1. The van der Waals surface area contributed by atoms with Crippen LogP contribution in [-0.4, -0.2) is 17.3 Å². The summed E-state index contributed by atoms with van der Waals surface area (Å²) in [6, 6.07) is 7.78. The number of nitrogens with two attached hydrogens (primary N) is 1. The third kappa shape index (κ3) is 3.61. The van der Waals surface area contributed by atoms with Gasteiger partial charge < -0.3 is 10.8 Å². The average molecular weight is 310 g/mol. The van der Waals surface area contributed by atoms with E-state index in [0.29, 0.717) is 18.9 Å². The molecule has 2 rings (SSSR count). The Bertz CT molecular complexity index is 457. The lowest BCUT2D eigenvalue weighted by molar-refractivity contribution is -0.0954. The molecular formula is C18H28ClNO. The van der Waals surface area contributed by atoms with Crippen LogP contribution in [0, 0.1) is 11.3 Å². The van der Waals surface area contributed by atoms with Crippen molar-refractivity contribution < 1.29 is 5.11 Å². The Hall–Kier alpha value is -0.570. The molecule has 0 radical (unpaired) electrons. The first-order valence-electron chi connectivity index (χ1n) is 8.09. The fourth-order valence-corrected chi connectivity index (χ4v) is 4.04. The molecule has 0 amide bonds. The zero-order valence-corrected chi connectivity index (χ0v) is 14.0. The van der Waals surface area contributed by atoms with Gasteiger partial charge in [0.15, 0.2) is 0 Å². The molecule has 1 saturated carbocycles. The molecule has 118 valence electrons. The molecular weight excluding hydrogens is 282 g/mol. The van der Waals surface area contributed by atoms with Gasteiger partial charge in [0, 0.05) is 23.4 Å². The van der Waals surface area contributed by atoms with Crippen LogP contribution in [0.15, 0.2) is 24.3 Å². The van der Waals surface area contributed by atoms with Crippen LogP contribution in [0.3, 0.4) is 0 Å². The zero-order chi connectivity index (χ0) is 15.5. The normalized spacial score (nSPS) is 29.1. The van der Waals surface area contributed by atoms with Crippen LogP contribution in [0.1, 0.15) is 51.5 Å². The molecule has 0 bridgehead atoms. The Morgan fingerprint density at radius 2 is 2.05 bits per heavy atom. The van der Waals surface area contributed by atoms with E-state index in [-0.39, 0.29) is 5.41 Å². The number of hydrogen-bond donors (Lipinski definition) is 2. The lowest BCUT2D eigenvalue weighted by Gasteiger charge is -2.50. The highest BCUT2D eigenvalue weighted by Crippen LogP contribution is 2.48. The van der Waals surface area contributed by atoms with Crippen LogP contribution >= 0.6 is 11.6 Å². The number of halogens is 1. The van der Waals surface area contributed by atoms with Crippen molar-refractivity contribution in [2.45, 2.75) is 58.0 Å². The van der Waals surface area contributed by atoms with Gasteiger partial charge >= 0.3 is 0 Å². The van der Waals surface area contributed by atoms with E-state index >= 15 is 0 Å². The Labute approximate surface area is 133 Å². The molecule has 1 aliphatic carbocycles. The second-order valence-corrected chi connectivity index (χ2v) is 7.37. The summed E-state index contributed by atoms with van der Waals surface area (Å²) in [6.07, 6.45) is 6.33. The summed E-state index contributed by atoms with van der Waals surface area (Å²) in [5, 5.41) is 11.9. The van der Waals surface area contributed by atoms with E-state index in [2.05, 4.69) is 6.92 Å². The van der Waals surface area contributed by atoms with Crippen LogP contribution in [0.25, 0.3) is 0 Å². The summed E-state index contributed by atoms with van der Waals surface area (Å²) in [7, 11) is 0. The predicted octanol–water partition coefficient (Wildman–Crippen LogP) is 4.18. The van der Waals surface area contributed by atoms with E-state index in [0.717, 1.165) is 23.4 Å². The van der Waals surface area contributed by atoms with E-state index in [4.69, 9.17) is 17.3 Å². The highest BCUT2D eigenvalue weighted by molar-refractivity contribution is 6.30. The minimum absolute atomic E-state index is 0.161. The van der Waals surface area contributed by atoms with Crippen molar-refractivity contribution in [3.63, 3.8) is 0 Å². The largest absolute Gasteiger partial charge is 0.389 e. The molecule has 0 aromatic heterocycles. The van der Waals surface area contributed by atoms with Crippen molar-refractivity contribution in [3.05, 3.63) is 34.9 Å². The number of aliphatic hydroxyl groups is 1. The van der Waals surface area contributed by atoms with E-state index in [1.54, 1.807) is 0 Å². The molecule has 0 saturated heterocycles. The fraction of sp³-hybridized carbons (Fsp3) is 0.667. The highest BCUT2D eigenvalue weighted by atomic mass is 35.5. The second-order valence-electron chi connectivity index (χ2n) is 6.93. The van der Waals surface area contributed by atoms with Crippen molar-refractivity contribution >= 4 is 11.6 Å². The van der Waals surface area contributed by atoms with Gasteiger partial charge in [0.1, 0.15) is 0 Å². The topological polar surface area (TPSA) is 46.2 Å². The number of rotatable bonds is 5. The third-order valence-electron chi connectivity index (χ3n) is 5.52. The molecule has 21 heavy (non-hydrogen) atoms. The minimum atomic E-state index is -0.774. The lowest BCUT2D eigenvalue weighted by atomic mass is 9.59. The van der Waals surface area contributed by atoms with E-state index < -0.39 is 5.60 Å². The van der Waals surface area contributed by atoms with Crippen LogP contribution in [0.5, 0.6) is 0 Å². The fourth-order valence-electron chi connectivity index (χ4n) is 3.92. The monoisotopic (exact) mass is 309 g/mol. The maximum absolute atomic E-state index is 11.2. The Balaban J connectivity index is 2.20. The first-order chi connectivity index (χ1) is 9.92. The van der Waals surface area contributed by atoms with Gasteiger partial charge in [0.05, 0.1) is 5.60 Å². The van der Waals surface area contributed by atoms with E-state index in [1.807, 2.05) is 31.2 Å². The van der Waals surface area contributed by atoms with Gasteiger partial charge in [-0.05, 0) is 43.4 Å². The Morgan fingerprint density at radius 1 is 1.38 bits per heavy atom. The summed E-state index contributed by atoms with van der Waals surface area (Å²) in [5.41, 5.74) is 6.32. The third-order valence-corrected chi connectivity index (χ3v) is 5.77. The zero-order valence-electron chi connectivity index (χ0n) is 13.2. The molecule has 3 unspecified atom stereocenters. The van der Waals surface area contributed by atoms with Crippen molar-refractivity contribution in [1.82, 2.24) is 0 Å². The molecule has 0 aliphatic heterocycles. The molecule has 1 aromatic carbocycles. The molecule has 1 aromatic rings. The summed E-state index contributed by atoms with van der Waals surface area (Å²) < 4.78 is 0. The van der Waals surface area contributed by atoms with Crippen molar-refractivity contribution in [1.29, 1.82) is 0 Å². The Morgan fingerprint density at radius 3 is 2.62 bits per heavy atom. The summed E-state index contributed by atoms with van der Waals surface area (Å²) in [4.78, 5) is 0. The first-order valence-corrected chi connectivity index (χ1v) is 8.47. The van der Waals surface area contributed by atoms with Gasteiger partial charge in [0.2, 0.25) is 0 Å². The van der Waals surface area contributed by atoms with Crippen LogP contribution in [0.2, 0.25) is 5.02 Å². The highest BCUT2D eigenvalue weighted by Gasteiger charge is 2.48. The Kier molecular flexibility index (Phi) is 5.34. The van der Waals surface area contributed by atoms with Gasteiger partial charge in [0.25, 0.3) is 0 Å². The maximum atomic E-state index is 11.2. The standard InChI is InChI=1S/C18H28ClNO/c1-3-14-5-4-10-18(12-14,13-20)17(2,21)11-15-6-8-16(19)9-7-15/h6-9,14,21H,3-5,10-13,20H2,1-2H3. The van der Waals surface area contributed by atoms with Crippen LogP contribution in [0.4, 0.5) is 0 Å². The molecule has 0 spiro atoms. The molecule has 3 atom stereocenters. The van der Waals surface area contributed by atoms with Gasteiger partial charge in [-0.3, -0.25) is 0 Å².